The van der Waals surface area contributed by atoms with E-state index in [1.807, 2.05) is 13.8 Å². The lowest BCUT2D eigenvalue weighted by atomic mass is 9.76. The number of ether oxygens (including phenoxy) is 3. The van der Waals surface area contributed by atoms with Gasteiger partial charge in [0.25, 0.3) is 0 Å². The fourth-order valence-electron chi connectivity index (χ4n) is 5.50. The van der Waals surface area contributed by atoms with E-state index in [1.54, 1.807) is 12.1 Å². The minimum Gasteiger partial charge on any atom is -0.491 e. The Morgan fingerprint density at radius 3 is 2.47 bits per heavy atom. The minimum absolute atomic E-state index is 0.196. The third-order valence-electron chi connectivity index (χ3n) is 6.88. The summed E-state index contributed by atoms with van der Waals surface area (Å²) in [5, 5.41) is 0. The molecular weight excluding hydrogens is 452 g/mol. The van der Waals surface area contributed by atoms with Crippen LogP contribution in [0.5, 0.6) is 5.75 Å². The Balaban J connectivity index is 1.72. The number of methoxy groups -OCH3 is 1. The molecule has 2 aliphatic rings. The van der Waals surface area contributed by atoms with Crippen molar-refractivity contribution in [2.75, 3.05) is 13.7 Å². The van der Waals surface area contributed by atoms with Crippen LogP contribution in [0.4, 0.5) is 17.6 Å². The minimum atomic E-state index is -4.48. The van der Waals surface area contributed by atoms with Gasteiger partial charge in [-0.2, -0.15) is 13.2 Å². The van der Waals surface area contributed by atoms with Crippen molar-refractivity contribution in [2.24, 2.45) is 5.92 Å². The number of halogens is 4. The van der Waals surface area contributed by atoms with E-state index in [1.165, 1.54) is 25.3 Å². The smallest absolute Gasteiger partial charge is 0.416 e. The van der Waals surface area contributed by atoms with E-state index in [2.05, 4.69) is 0 Å². The first-order chi connectivity index (χ1) is 16.0. The van der Waals surface area contributed by atoms with Gasteiger partial charge in [0.05, 0.1) is 36.9 Å². The fourth-order valence-corrected chi connectivity index (χ4v) is 5.50. The Morgan fingerprint density at radius 2 is 1.85 bits per heavy atom. The van der Waals surface area contributed by atoms with Crippen molar-refractivity contribution >= 4 is 5.97 Å². The summed E-state index contributed by atoms with van der Waals surface area (Å²) in [6, 6.07) is 9.48. The van der Waals surface area contributed by atoms with Crippen LogP contribution in [0.15, 0.2) is 42.5 Å². The Morgan fingerprint density at radius 1 is 1.15 bits per heavy atom. The van der Waals surface area contributed by atoms with Crippen molar-refractivity contribution < 1.29 is 36.6 Å². The molecule has 4 atom stereocenters. The number of hydrogen-bond acceptors (Lipinski definition) is 4. The fraction of sp³-hybridized carbons (Fsp3) is 0.500. The lowest BCUT2D eigenvalue weighted by Crippen LogP contribution is -2.35. The molecule has 1 aliphatic carbocycles. The Kier molecular flexibility index (Phi) is 6.64. The van der Waals surface area contributed by atoms with Crippen LogP contribution in [-0.4, -0.2) is 31.4 Å². The highest BCUT2D eigenvalue weighted by Crippen LogP contribution is 2.57. The maximum Gasteiger partial charge on any atom is 0.416 e. The molecule has 34 heavy (non-hydrogen) atoms. The first-order valence-corrected chi connectivity index (χ1v) is 11.4. The lowest BCUT2D eigenvalue weighted by molar-refractivity contribution is -0.147. The zero-order valence-corrected chi connectivity index (χ0v) is 19.3. The monoisotopic (exact) mass is 480 g/mol. The molecule has 4 unspecified atom stereocenters. The van der Waals surface area contributed by atoms with Gasteiger partial charge in [-0.15, -0.1) is 0 Å². The summed E-state index contributed by atoms with van der Waals surface area (Å²) >= 11 is 0. The molecular formula is C26H28F4O4. The predicted octanol–water partition coefficient (Wildman–Crippen LogP) is 6.24. The molecule has 2 aromatic rings. The van der Waals surface area contributed by atoms with Gasteiger partial charge < -0.3 is 14.2 Å². The molecule has 2 aromatic carbocycles. The maximum atomic E-state index is 13.6. The van der Waals surface area contributed by atoms with E-state index in [9.17, 15) is 22.4 Å². The van der Waals surface area contributed by atoms with Gasteiger partial charge in [0, 0.05) is 17.4 Å². The first-order valence-electron chi connectivity index (χ1n) is 11.4. The molecule has 8 heteroatoms. The van der Waals surface area contributed by atoms with E-state index in [-0.39, 0.29) is 24.6 Å². The summed E-state index contributed by atoms with van der Waals surface area (Å²) < 4.78 is 71.3. The second-order valence-corrected chi connectivity index (χ2v) is 9.39. The van der Waals surface area contributed by atoms with E-state index in [4.69, 9.17) is 14.2 Å². The van der Waals surface area contributed by atoms with E-state index in [0.29, 0.717) is 30.6 Å². The van der Waals surface area contributed by atoms with Crippen LogP contribution >= 0.6 is 0 Å². The van der Waals surface area contributed by atoms with Crippen LogP contribution in [0, 0.1) is 11.7 Å². The van der Waals surface area contributed by atoms with Crippen LogP contribution in [0.2, 0.25) is 0 Å². The van der Waals surface area contributed by atoms with Crippen molar-refractivity contribution in [3.05, 3.63) is 65.0 Å². The number of alkyl halides is 3. The van der Waals surface area contributed by atoms with Gasteiger partial charge in [0.1, 0.15) is 11.6 Å². The molecule has 0 aromatic heterocycles. The number of rotatable bonds is 5. The van der Waals surface area contributed by atoms with Crippen molar-refractivity contribution in [3.8, 4) is 5.75 Å². The van der Waals surface area contributed by atoms with Crippen LogP contribution < -0.4 is 4.74 Å². The molecule has 0 bridgehead atoms. The van der Waals surface area contributed by atoms with Crippen LogP contribution in [-0.2, 0) is 20.4 Å². The molecule has 1 spiro atoms. The average molecular weight is 480 g/mol. The summed E-state index contributed by atoms with van der Waals surface area (Å²) in [5.41, 5.74) is -0.323. The summed E-state index contributed by atoms with van der Waals surface area (Å²) in [5.74, 6) is -1.60. The highest BCUT2D eigenvalue weighted by atomic mass is 19.4. The van der Waals surface area contributed by atoms with Gasteiger partial charge in [-0.3, -0.25) is 4.79 Å². The Bertz CT molecular complexity index is 1030. The van der Waals surface area contributed by atoms with E-state index in [0.717, 1.165) is 17.7 Å². The van der Waals surface area contributed by atoms with Crippen molar-refractivity contribution in [1.29, 1.82) is 0 Å². The number of esters is 1. The first kappa shape index (κ1) is 24.5. The van der Waals surface area contributed by atoms with Gasteiger partial charge in [-0.05, 0) is 69.0 Å². The normalized spacial score (nSPS) is 26.9. The van der Waals surface area contributed by atoms with Gasteiger partial charge in [0.15, 0.2) is 0 Å². The third-order valence-corrected chi connectivity index (χ3v) is 6.88. The van der Waals surface area contributed by atoms with Crippen LogP contribution in [0.3, 0.4) is 0 Å². The van der Waals surface area contributed by atoms with Crippen molar-refractivity contribution in [1.82, 2.24) is 0 Å². The molecule has 0 amide bonds. The average Bonchev–Trinajstić information content (AvgIpc) is 3.37. The Labute approximate surface area is 196 Å². The zero-order chi connectivity index (χ0) is 24.7. The highest BCUT2D eigenvalue weighted by Gasteiger charge is 2.56. The van der Waals surface area contributed by atoms with E-state index >= 15 is 0 Å². The standard InChI is InChI=1S/C26H28F4O4/c1-15(2)34-22-9-6-18(26(28,29)30)12-21(22)17-13-25(33-14-17)11-10-20(24(31)32-3)23(25)16-4-7-19(27)8-5-16/h4-9,12,15,17,20,23H,10-11,13-14H2,1-3H3. The number of carbonyl (C=O) groups is 1. The van der Waals surface area contributed by atoms with Crippen molar-refractivity contribution in [2.45, 2.75) is 62.8 Å². The molecule has 4 nitrogen and oxygen atoms in total. The summed E-state index contributed by atoms with van der Waals surface area (Å²) in [6.45, 7) is 3.83. The molecule has 1 aliphatic heterocycles. The molecule has 1 heterocycles. The molecule has 184 valence electrons. The topological polar surface area (TPSA) is 44.8 Å². The number of carbonyl (C=O) groups excluding carboxylic acids is 1. The summed E-state index contributed by atoms with van der Waals surface area (Å²) in [7, 11) is 1.32. The van der Waals surface area contributed by atoms with E-state index < -0.39 is 35.0 Å². The molecule has 4 rings (SSSR count). The largest absolute Gasteiger partial charge is 0.491 e. The molecule has 2 fully saturated rings. The quantitative estimate of drug-likeness (QED) is 0.375. The second-order valence-electron chi connectivity index (χ2n) is 9.39. The van der Waals surface area contributed by atoms with Crippen LogP contribution in [0.25, 0.3) is 0 Å². The molecule has 1 saturated carbocycles. The third kappa shape index (κ3) is 4.65. The predicted molar refractivity (Wildman–Crippen MR) is 117 cm³/mol. The van der Waals surface area contributed by atoms with Gasteiger partial charge in [-0.1, -0.05) is 12.1 Å². The zero-order valence-electron chi connectivity index (χ0n) is 19.3. The van der Waals surface area contributed by atoms with Crippen molar-refractivity contribution in [3.63, 3.8) is 0 Å². The molecule has 0 radical (unpaired) electrons. The SMILES string of the molecule is COC(=O)C1CCC2(CC(c3cc(C(F)(F)F)ccc3OC(C)C)CO2)C1c1ccc(F)cc1. The van der Waals surface area contributed by atoms with Gasteiger partial charge in [0.2, 0.25) is 0 Å². The second kappa shape index (κ2) is 9.21. The highest BCUT2D eigenvalue weighted by molar-refractivity contribution is 5.74. The Hall–Kier alpha value is -2.61. The van der Waals surface area contributed by atoms with Gasteiger partial charge >= 0.3 is 12.1 Å². The maximum absolute atomic E-state index is 13.6. The number of benzene rings is 2. The molecule has 0 N–H and O–H groups in total. The summed E-state index contributed by atoms with van der Waals surface area (Å²) in [6.07, 6.45) is -3.22. The lowest BCUT2D eigenvalue weighted by Gasteiger charge is -2.33. The molecule has 1 saturated heterocycles. The number of hydrogen-bond donors (Lipinski definition) is 0. The van der Waals surface area contributed by atoms with Crippen LogP contribution in [0.1, 0.15) is 61.6 Å². The van der Waals surface area contributed by atoms with Gasteiger partial charge in [-0.25, -0.2) is 4.39 Å². The summed E-state index contributed by atoms with van der Waals surface area (Å²) in [4.78, 5) is 12.6.